The quantitative estimate of drug-likeness (QED) is 0.676. The molecule has 0 aliphatic heterocycles. The second kappa shape index (κ2) is 8.70. The molecule has 1 aromatic heterocycles. The summed E-state index contributed by atoms with van der Waals surface area (Å²) in [4.78, 5) is 14.2. The van der Waals surface area contributed by atoms with Gasteiger partial charge in [0, 0.05) is 24.0 Å². The van der Waals surface area contributed by atoms with E-state index in [1.54, 1.807) is 25.3 Å². The van der Waals surface area contributed by atoms with Gasteiger partial charge in [0.1, 0.15) is 5.75 Å². The topological polar surface area (TPSA) is 59.4 Å². The van der Waals surface area contributed by atoms with Crippen LogP contribution in [-0.4, -0.2) is 41.3 Å². The number of nitrogens with zero attached hydrogens (tertiary/aromatic N) is 3. The van der Waals surface area contributed by atoms with Crippen LogP contribution in [0.2, 0.25) is 5.02 Å². The van der Waals surface area contributed by atoms with Gasteiger partial charge in [0.15, 0.2) is 0 Å². The monoisotopic (exact) mass is 384 g/mol. The van der Waals surface area contributed by atoms with Crippen LogP contribution in [0.3, 0.4) is 0 Å². The number of carbonyl (C=O) groups is 1. The van der Waals surface area contributed by atoms with Gasteiger partial charge in [0.25, 0.3) is 0 Å². The number of ether oxygens (including phenoxy) is 1. The Morgan fingerprint density at radius 3 is 2.74 bits per heavy atom. The second-order valence-electron chi connectivity index (χ2n) is 6.20. The van der Waals surface area contributed by atoms with Crippen molar-refractivity contribution in [2.45, 2.75) is 6.54 Å². The number of halogens is 1. The highest BCUT2D eigenvalue weighted by molar-refractivity contribution is 6.32. The molecule has 27 heavy (non-hydrogen) atoms. The summed E-state index contributed by atoms with van der Waals surface area (Å²) in [5.74, 6) is 0.455. The molecule has 0 aliphatic carbocycles. The van der Waals surface area contributed by atoms with E-state index in [1.807, 2.05) is 59.4 Å². The Balaban J connectivity index is 1.54. The first-order valence-corrected chi connectivity index (χ1v) is 8.84. The molecule has 0 aliphatic rings. The zero-order chi connectivity index (χ0) is 19.2. The fourth-order valence-electron chi connectivity index (χ4n) is 2.72. The van der Waals surface area contributed by atoms with Gasteiger partial charge in [-0.2, -0.15) is 5.10 Å². The summed E-state index contributed by atoms with van der Waals surface area (Å²) >= 11 is 6.08. The van der Waals surface area contributed by atoms with Gasteiger partial charge < -0.3 is 10.1 Å². The lowest BCUT2D eigenvalue weighted by Gasteiger charge is -2.15. The third-order valence-corrected chi connectivity index (χ3v) is 4.25. The number of methoxy groups -OCH3 is 1. The Kier molecular flexibility index (Phi) is 6.11. The average molecular weight is 385 g/mol. The molecule has 0 unspecified atom stereocenters. The maximum absolute atomic E-state index is 12.3. The van der Waals surface area contributed by atoms with Crippen LogP contribution in [0.5, 0.6) is 5.75 Å². The zero-order valence-electron chi connectivity index (χ0n) is 15.2. The van der Waals surface area contributed by atoms with E-state index in [2.05, 4.69) is 10.4 Å². The summed E-state index contributed by atoms with van der Waals surface area (Å²) in [6.45, 7) is 0.865. The summed E-state index contributed by atoms with van der Waals surface area (Å²) < 4.78 is 6.93. The summed E-state index contributed by atoms with van der Waals surface area (Å²) in [7, 11) is 3.44. The van der Waals surface area contributed by atoms with E-state index in [1.165, 1.54) is 0 Å². The first kappa shape index (κ1) is 18.9. The number of rotatable bonds is 7. The minimum atomic E-state index is -0.116. The number of benzene rings is 2. The van der Waals surface area contributed by atoms with Crippen molar-refractivity contribution in [3.8, 4) is 11.4 Å². The molecule has 0 radical (unpaired) electrons. The van der Waals surface area contributed by atoms with Crippen LogP contribution in [0.4, 0.5) is 5.69 Å². The minimum Gasteiger partial charge on any atom is -0.495 e. The Bertz CT molecular complexity index is 911. The molecular weight excluding hydrogens is 364 g/mol. The van der Waals surface area contributed by atoms with E-state index in [0.29, 0.717) is 23.0 Å². The van der Waals surface area contributed by atoms with Crippen LogP contribution in [0.15, 0.2) is 60.9 Å². The molecule has 0 fully saturated rings. The van der Waals surface area contributed by atoms with Crippen molar-refractivity contribution in [1.29, 1.82) is 0 Å². The van der Waals surface area contributed by atoms with Crippen LogP contribution < -0.4 is 10.1 Å². The van der Waals surface area contributed by atoms with E-state index in [4.69, 9.17) is 16.3 Å². The number of carbonyl (C=O) groups excluding carboxylic acids is 1. The van der Waals surface area contributed by atoms with Gasteiger partial charge in [-0.25, -0.2) is 4.68 Å². The van der Waals surface area contributed by atoms with E-state index < -0.39 is 0 Å². The Morgan fingerprint density at radius 1 is 1.26 bits per heavy atom. The lowest BCUT2D eigenvalue weighted by molar-refractivity contribution is -0.117. The highest BCUT2D eigenvalue weighted by Gasteiger charge is 2.10. The fourth-order valence-corrected chi connectivity index (χ4v) is 2.98. The van der Waals surface area contributed by atoms with Gasteiger partial charge in [0.2, 0.25) is 5.91 Å². The molecule has 0 bridgehead atoms. The molecule has 0 spiro atoms. The van der Waals surface area contributed by atoms with Crippen molar-refractivity contribution >= 4 is 23.2 Å². The predicted octanol–water partition coefficient (Wildman–Crippen LogP) is 3.60. The summed E-state index contributed by atoms with van der Waals surface area (Å²) in [6.07, 6.45) is 3.78. The molecule has 1 heterocycles. The fraction of sp³-hybridized carbons (Fsp3) is 0.200. The van der Waals surface area contributed by atoms with Crippen LogP contribution in [0.25, 0.3) is 5.69 Å². The first-order chi connectivity index (χ1) is 13.0. The molecule has 3 rings (SSSR count). The van der Waals surface area contributed by atoms with Gasteiger partial charge in [-0.15, -0.1) is 0 Å². The molecule has 0 saturated heterocycles. The SMILES string of the molecule is COc1ccc(NC(=O)CN(C)Cc2cnn(-c3ccccc3)c2)cc1Cl. The first-order valence-electron chi connectivity index (χ1n) is 8.46. The highest BCUT2D eigenvalue weighted by atomic mass is 35.5. The zero-order valence-corrected chi connectivity index (χ0v) is 16.0. The minimum absolute atomic E-state index is 0.116. The van der Waals surface area contributed by atoms with Crippen molar-refractivity contribution in [1.82, 2.24) is 14.7 Å². The standard InChI is InChI=1S/C20H21ClN4O2/c1-24(12-15-11-22-25(13-15)17-6-4-3-5-7-17)14-20(26)23-16-8-9-19(27-2)18(21)10-16/h3-11,13H,12,14H2,1-2H3,(H,23,26). The third-order valence-electron chi connectivity index (χ3n) is 3.96. The molecule has 0 saturated carbocycles. The molecule has 7 heteroatoms. The Morgan fingerprint density at radius 2 is 2.04 bits per heavy atom. The number of nitrogens with one attached hydrogen (secondary N) is 1. The lowest BCUT2D eigenvalue weighted by Crippen LogP contribution is -2.29. The molecule has 140 valence electrons. The molecule has 1 amide bonds. The normalized spacial score (nSPS) is 10.8. The number of anilines is 1. The van der Waals surface area contributed by atoms with E-state index >= 15 is 0 Å². The van der Waals surface area contributed by atoms with Gasteiger partial charge in [-0.05, 0) is 37.4 Å². The maximum atomic E-state index is 12.3. The third kappa shape index (κ3) is 5.09. The largest absolute Gasteiger partial charge is 0.495 e. The van der Waals surface area contributed by atoms with E-state index in [9.17, 15) is 4.79 Å². The summed E-state index contributed by atoms with van der Waals surface area (Å²) in [5, 5.41) is 7.67. The van der Waals surface area contributed by atoms with Gasteiger partial charge in [-0.3, -0.25) is 9.69 Å². The van der Waals surface area contributed by atoms with Crippen molar-refractivity contribution in [2.75, 3.05) is 26.0 Å². The van der Waals surface area contributed by atoms with Crippen LogP contribution in [0.1, 0.15) is 5.56 Å². The number of amides is 1. The molecule has 3 aromatic rings. The van der Waals surface area contributed by atoms with Crippen molar-refractivity contribution < 1.29 is 9.53 Å². The van der Waals surface area contributed by atoms with Gasteiger partial charge in [0.05, 0.1) is 30.6 Å². The molecule has 2 aromatic carbocycles. The smallest absolute Gasteiger partial charge is 0.238 e. The average Bonchev–Trinajstić information content (AvgIpc) is 3.10. The lowest BCUT2D eigenvalue weighted by atomic mass is 10.3. The number of aromatic nitrogens is 2. The summed E-state index contributed by atoms with van der Waals surface area (Å²) in [5.41, 5.74) is 2.67. The number of hydrogen-bond acceptors (Lipinski definition) is 4. The summed E-state index contributed by atoms with van der Waals surface area (Å²) in [6, 6.07) is 15.0. The highest BCUT2D eigenvalue weighted by Crippen LogP contribution is 2.27. The number of hydrogen-bond donors (Lipinski definition) is 1. The van der Waals surface area contributed by atoms with Crippen molar-refractivity contribution in [3.05, 3.63) is 71.5 Å². The van der Waals surface area contributed by atoms with Crippen molar-refractivity contribution in [2.24, 2.45) is 0 Å². The van der Waals surface area contributed by atoms with E-state index in [-0.39, 0.29) is 12.5 Å². The predicted molar refractivity (Wildman–Crippen MR) is 107 cm³/mol. The number of likely N-dealkylation sites (N-methyl/N-ethyl adjacent to an activating group) is 1. The van der Waals surface area contributed by atoms with E-state index in [0.717, 1.165) is 11.3 Å². The molecule has 6 nitrogen and oxygen atoms in total. The van der Waals surface area contributed by atoms with Crippen LogP contribution in [-0.2, 0) is 11.3 Å². The Hall–Kier alpha value is -2.83. The molecule has 1 N–H and O–H groups in total. The number of para-hydroxylation sites is 1. The van der Waals surface area contributed by atoms with Crippen LogP contribution >= 0.6 is 11.6 Å². The maximum Gasteiger partial charge on any atom is 0.238 e. The second-order valence-corrected chi connectivity index (χ2v) is 6.61. The Labute approximate surface area is 163 Å². The molecule has 0 atom stereocenters. The van der Waals surface area contributed by atoms with Gasteiger partial charge in [-0.1, -0.05) is 29.8 Å². The molecular formula is C20H21ClN4O2. The van der Waals surface area contributed by atoms with Crippen molar-refractivity contribution in [3.63, 3.8) is 0 Å². The van der Waals surface area contributed by atoms with Crippen LogP contribution in [0, 0.1) is 0 Å². The van der Waals surface area contributed by atoms with Gasteiger partial charge >= 0.3 is 0 Å².